The molecule has 12 heteroatoms. The number of hydrogen-bond acceptors (Lipinski definition) is 10. The van der Waals surface area contributed by atoms with Gasteiger partial charge >= 0.3 is 11.9 Å². The Bertz CT molecular complexity index is 2010. The first-order valence-corrected chi connectivity index (χ1v) is 16.9. The predicted octanol–water partition coefficient (Wildman–Crippen LogP) is 7.78. The van der Waals surface area contributed by atoms with Crippen molar-refractivity contribution in [3.63, 3.8) is 0 Å². The number of carbonyl (C=O) groups is 3. The van der Waals surface area contributed by atoms with Crippen LogP contribution in [-0.4, -0.2) is 40.1 Å². The van der Waals surface area contributed by atoms with Crippen molar-refractivity contribution in [3.8, 4) is 5.75 Å². The molecular formula is C36H28ClN3O6S2. The maximum atomic E-state index is 13.6. The number of esters is 1. The van der Waals surface area contributed by atoms with E-state index < -0.39 is 23.7 Å². The summed E-state index contributed by atoms with van der Waals surface area (Å²) in [5.74, 6) is -1.46. The van der Waals surface area contributed by atoms with Crippen molar-refractivity contribution in [1.82, 2.24) is 10.2 Å². The fourth-order valence-electron chi connectivity index (χ4n) is 5.18. The van der Waals surface area contributed by atoms with E-state index in [1.807, 2.05) is 43.3 Å². The van der Waals surface area contributed by atoms with E-state index in [0.29, 0.717) is 38.6 Å². The number of halogens is 1. The Morgan fingerprint density at radius 2 is 1.65 bits per heavy atom. The molecule has 1 fully saturated rings. The topological polar surface area (TPSA) is 119 Å². The maximum Gasteiger partial charge on any atom is 0.337 e. The minimum Gasteiger partial charge on any atom is -0.507 e. The molecule has 6 rings (SSSR count). The molecule has 4 aromatic carbocycles. The van der Waals surface area contributed by atoms with Gasteiger partial charge < -0.3 is 14.6 Å². The van der Waals surface area contributed by atoms with Gasteiger partial charge in [-0.1, -0.05) is 88.8 Å². The van der Waals surface area contributed by atoms with Crippen molar-refractivity contribution < 1.29 is 29.0 Å². The Hall–Kier alpha value is -4.97. The summed E-state index contributed by atoms with van der Waals surface area (Å²) in [6, 6.07) is 27.3. The lowest BCUT2D eigenvalue weighted by Crippen LogP contribution is -2.29. The molecule has 0 bridgehead atoms. The van der Waals surface area contributed by atoms with E-state index in [4.69, 9.17) is 21.1 Å². The summed E-state index contributed by atoms with van der Waals surface area (Å²) in [4.78, 5) is 40.6. The molecule has 1 aliphatic heterocycles. The standard InChI is InChI=1S/C36H28ClN3O6S2/c1-21-4-3-5-23(18-21)19-46-28-16-12-25(13-17-28)31(41)29-30(24-8-10-26(11-9-24)34(44)45-2)40(33(43)32(29)42)35-38-39-36(48-35)47-20-22-6-14-27(37)15-7-22/h3-18,30,41H,19-20H2,1-2H3. The third-order valence-corrected chi connectivity index (χ3v) is 9.96. The molecule has 9 nitrogen and oxygen atoms in total. The van der Waals surface area contributed by atoms with Crippen LogP contribution in [-0.2, 0) is 26.7 Å². The molecule has 1 aliphatic rings. The molecule has 0 saturated carbocycles. The van der Waals surface area contributed by atoms with Crippen molar-refractivity contribution in [2.24, 2.45) is 0 Å². The number of hydrogen-bond donors (Lipinski definition) is 1. The van der Waals surface area contributed by atoms with Crippen molar-refractivity contribution in [3.05, 3.63) is 141 Å². The number of thioether (sulfide) groups is 1. The molecule has 0 aliphatic carbocycles. The first kappa shape index (κ1) is 33.0. The molecule has 1 atom stereocenters. The largest absolute Gasteiger partial charge is 0.507 e. The molecule has 48 heavy (non-hydrogen) atoms. The van der Waals surface area contributed by atoms with Crippen LogP contribution in [0.5, 0.6) is 5.75 Å². The smallest absolute Gasteiger partial charge is 0.337 e. The third kappa shape index (κ3) is 7.13. The van der Waals surface area contributed by atoms with Crippen molar-refractivity contribution >= 4 is 63.3 Å². The first-order chi connectivity index (χ1) is 23.2. The zero-order chi connectivity index (χ0) is 33.8. The number of amides is 1. The van der Waals surface area contributed by atoms with Crippen molar-refractivity contribution in [2.45, 2.75) is 29.7 Å². The van der Waals surface area contributed by atoms with E-state index in [1.165, 1.54) is 35.9 Å². The first-order valence-electron chi connectivity index (χ1n) is 14.7. The molecule has 5 aromatic rings. The Morgan fingerprint density at radius 1 is 0.938 bits per heavy atom. The van der Waals surface area contributed by atoms with E-state index in [9.17, 15) is 19.5 Å². The van der Waals surface area contributed by atoms with Crippen LogP contribution in [0.1, 0.15) is 44.2 Å². The van der Waals surface area contributed by atoms with Gasteiger partial charge in [-0.15, -0.1) is 10.2 Å². The second-order valence-electron chi connectivity index (χ2n) is 10.9. The number of methoxy groups -OCH3 is 1. The molecule has 1 N–H and O–H groups in total. The van der Waals surface area contributed by atoms with Gasteiger partial charge in [-0.3, -0.25) is 14.5 Å². The average Bonchev–Trinajstić information content (AvgIpc) is 3.68. The number of carbonyl (C=O) groups excluding carboxylic acids is 3. The third-order valence-electron chi connectivity index (χ3n) is 7.59. The molecule has 0 spiro atoms. The van der Waals surface area contributed by atoms with E-state index in [0.717, 1.165) is 28.0 Å². The monoisotopic (exact) mass is 697 g/mol. The second kappa shape index (κ2) is 14.4. The predicted molar refractivity (Wildman–Crippen MR) is 185 cm³/mol. The molecule has 1 saturated heterocycles. The molecular weight excluding hydrogens is 670 g/mol. The number of aliphatic hydroxyl groups excluding tert-OH is 1. The van der Waals surface area contributed by atoms with Gasteiger partial charge in [-0.05, 0) is 72.1 Å². The summed E-state index contributed by atoms with van der Waals surface area (Å²) in [5.41, 5.74) is 4.14. The average molecular weight is 698 g/mol. The summed E-state index contributed by atoms with van der Waals surface area (Å²) >= 11 is 8.59. The molecule has 0 radical (unpaired) electrons. The lowest BCUT2D eigenvalue weighted by atomic mass is 9.94. The van der Waals surface area contributed by atoms with Gasteiger partial charge in [0.1, 0.15) is 18.1 Å². The Kier molecular flexibility index (Phi) is 9.90. The summed E-state index contributed by atoms with van der Waals surface area (Å²) in [6.45, 7) is 2.37. The fraction of sp³-hybridized carbons (Fsp3) is 0.139. The molecule has 242 valence electrons. The number of aromatic nitrogens is 2. The normalized spacial score (nSPS) is 15.5. The van der Waals surface area contributed by atoms with Crippen LogP contribution in [0.25, 0.3) is 5.76 Å². The van der Waals surface area contributed by atoms with Crippen LogP contribution >= 0.6 is 34.7 Å². The van der Waals surface area contributed by atoms with Gasteiger partial charge in [-0.25, -0.2) is 4.79 Å². The lowest BCUT2D eigenvalue weighted by molar-refractivity contribution is -0.132. The number of ether oxygens (including phenoxy) is 2. The van der Waals surface area contributed by atoms with Crippen LogP contribution in [0.3, 0.4) is 0 Å². The van der Waals surface area contributed by atoms with E-state index in [2.05, 4.69) is 10.2 Å². The van der Waals surface area contributed by atoms with Gasteiger partial charge in [0.2, 0.25) is 5.13 Å². The number of ketones is 1. The van der Waals surface area contributed by atoms with Gasteiger partial charge in [0.05, 0.1) is 24.3 Å². The highest BCUT2D eigenvalue weighted by atomic mass is 35.5. The summed E-state index contributed by atoms with van der Waals surface area (Å²) in [6.07, 6.45) is 0. The van der Waals surface area contributed by atoms with Crippen LogP contribution in [0, 0.1) is 6.92 Å². The number of aryl methyl sites for hydroxylation is 1. The Labute approximate surface area is 289 Å². The van der Waals surface area contributed by atoms with Gasteiger partial charge in [0, 0.05) is 16.3 Å². The highest BCUT2D eigenvalue weighted by molar-refractivity contribution is 8.00. The van der Waals surface area contributed by atoms with Gasteiger partial charge in [0.25, 0.3) is 5.78 Å². The van der Waals surface area contributed by atoms with Gasteiger partial charge in [0.15, 0.2) is 4.34 Å². The molecule has 2 heterocycles. The summed E-state index contributed by atoms with van der Waals surface area (Å²) in [7, 11) is 1.28. The molecule has 1 aromatic heterocycles. The Morgan fingerprint density at radius 3 is 2.33 bits per heavy atom. The van der Waals surface area contributed by atoms with Crippen LogP contribution < -0.4 is 9.64 Å². The van der Waals surface area contributed by atoms with E-state index in [-0.39, 0.29) is 22.0 Å². The van der Waals surface area contributed by atoms with E-state index in [1.54, 1.807) is 48.5 Å². The Balaban J connectivity index is 1.31. The van der Waals surface area contributed by atoms with Crippen LogP contribution in [0.15, 0.2) is 107 Å². The minimum atomic E-state index is -1.05. The highest BCUT2D eigenvalue weighted by Gasteiger charge is 2.48. The fourth-order valence-corrected chi connectivity index (χ4v) is 7.13. The summed E-state index contributed by atoms with van der Waals surface area (Å²) < 4.78 is 11.3. The number of Topliss-reactive ketones (excluding diaryl/α,β-unsaturated/α-hetero) is 1. The molecule has 1 amide bonds. The second-order valence-corrected chi connectivity index (χ2v) is 13.5. The minimum absolute atomic E-state index is 0.121. The molecule has 1 unspecified atom stereocenters. The summed E-state index contributed by atoms with van der Waals surface area (Å²) in [5, 5.41) is 20.9. The highest BCUT2D eigenvalue weighted by Crippen LogP contribution is 2.44. The zero-order valence-electron chi connectivity index (χ0n) is 25.8. The van der Waals surface area contributed by atoms with Crippen LogP contribution in [0.2, 0.25) is 5.02 Å². The van der Waals surface area contributed by atoms with Crippen molar-refractivity contribution in [2.75, 3.05) is 12.0 Å². The number of nitrogens with zero attached hydrogens (tertiary/aromatic N) is 3. The number of anilines is 1. The lowest BCUT2D eigenvalue weighted by Gasteiger charge is -2.22. The maximum absolute atomic E-state index is 13.6. The number of benzene rings is 4. The van der Waals surface area contributed by atoms with E-state index >= 15 is 0 Å². The quantitative estimate of drug-likeness (QED) is 0.0390. The number of rotatable bonds is 10. The SMILES string of the molecule is COC(=O)c1ccc(C2C(=C(O)c3ccc(OCc4cccc(C)c4)cc3)C(=O)C(=O)N2c2nnc(SCc3ccc(Cl)cc3)s2)cc1. The van der Waals surface area contributed by atoms with Crippen LogP contribution in [0.4, 0.5) is 5.13 Å². The van der Waals surface area contributed by atoms with Crippen molar-refractivity contribution in [1.29, 1.82) is 0 Å². The number of aliphatic hydroxyl groups is 1. The zero-order valence-corrected chi connectivity index (χ0v) is 28.1. The van der Waals surface area contributed by atoms with Gasteiger partial charge in [-0.2, -0.15) is 0 Å².